The van der Waals surface area contributed by atoms with Gasteiger partial charge in [-0.2, -0.15) is 0 Å². The van der Waals surface area contributed by atoms with Crippen molar-refractivity contribution >= 4 is 5.91 Å². The minimum atomic E-state index is -0.264. The van der Waals surface area contributed by atoms with Crippen LogP contribution in [0.5, 0.6) is 0 Å². The molecule has 1 aliphatic heterocycles. The highest BCUT2D eigenvalue weighted by Gasteiger charge is 2.31. The van der Waals surface area contributed by atoms with Gasteiger partial charge in [-0.05, 0) is 73.5 Å². The Morgan fingerprint density at radius 1 is 1.06 bits per heavy atom. The van der Waals surface area contributed by atoms with Gasteiger partial charge in [0.05, 0.1) is 19.3 Å². The zero-order valence-electron chi connectivity index (χ0n) is 19.1. The molecule has 1 amide bonds. The number of ether oxygens (including phenoxy) is 1. The lowest BCUT2D eigenvalue weighted by Crippen LogP contribution is -2.39. The number of amides is 1. The van der Waals surface area contributed by atoms with E-state index in [4.69, 9.17) is 9.26 Å². The van der Waals surface area contributed by atoms with Gasteiger partial charge < -0.3 is 19.9 Å². The molecule has 1 unspecified atom stereocenters. The SMILES string of the molecule is O=C(NC(c1cccc(COCc2cccc(F)c2)c1)C1CCNCC1)c1cc(C2CC2)on1. The standard InChI is InChI=1S/C27H30FN3O3/c28-23-6-2-4-19(14-23)17-33-16-18-3-1-5-22(13-18)26(21-9-11-29-12-10-21)30-27(32)24-15-25(34-31-24)20-7-8-20/h1-6,13-15,20-21,26,29H,7-12,16-17H2,(H,30,32). The number of hydrogen-bond acceptors (Lipinski definition) is 5. The van der Waals surface area contributed by atoms with E-state index in [1.807, 2.05) is 18.2 Å². The molecule has 2 aromatic carbocycles. The number of hydrogen-bond donors (Lipinski definition) is 2. The van der Waals surface area contributed by atoms with E-state index in [1.54, 1.807) is 12.1 Å². The molecule has 1 saturated carbocycles. The van der Waals surface area contributed by atoms with Gasteiger partial charge in [-0.3, -0.25) is 4.79 Å². The van der Waals surface area contributed by atoms with Gasteiger partial charge in [0.25, 0.3) is 5.91 Å². The predicted molar refractivity (Wildman–Crippen MR) is 126 cm³/mol. The first-order valence-electron chi connectivity index (χ1n) is 12.0. The lowest BCUT2D eigenvalue weighted by molar-refractivity contribution is 0.0904. The summed E-state index contributed by atoms with van der Waals surface area (Å²) in [6, 6.07) is 16.3. The maximum absolute atomic E-state index is 13.4. The van der Waals surface area contributed by atoms with Gasteiger partial charge in [-0.25, -0.2) is 4.39 Å². The topological polar surface area (TPSA) is 76.4 Å². The van der Waals surface area contributed by atoms with Crippen molar-refractivity contribution in [2.45, 2.75) is 50.9 Å². The van der Waals surface area contributed by atoms with E-state index in [2.05, 4.69) is 27.9 Å². The van der Waals surface area contributed by atoms with E-state index < -0.39 is 0 Å². The van der Waals surface area contributed by atoms with Crippen LogP contribution in [0.25, 0.3) is 0 Å². The Hall–Kier alpha value is -3.03. The van der Waals surface area contributed by atoms with Gasteiger partial charge in [0, 0.05) is 12.0 Å². The summed E-state index contributed by atoms with van der Waals surface area (Å²) in [7, 11) is 0. The second-order valence-electron chi connectivity index (χ2n) is 9.30. The molecule has 34 heavy (non-hydrogen) atoms. The Kier molecular flexibility index (Phi) is 7.02. The number of benzene rings is 2. The smallest absolute Gasteiger partial charge is 0.273 e. The fraction of sp³-hybridized carbons (Fsp3) is 0.407. The highest BCUT2D eigenvalue weighted by molar-refractivity contribution is 5.92. The van der Waals surface area contributed by atoms with Crippen molar-refractivity contribution in [1.82, 2.24) is 15.8 Å². The lowest BCUT2D eigenvalue weighted by Gasteiger charge is -2.31. The number of aromatic nitrogens is 1. The summed E-state index contributed by atoms with van der Waals surface area (Å²) in [5.74, 6) is 1.08. The van der Waals surface area contributed by atoms with Crippen LogP contribution in [-0.4, -0.2) is 24.2 Å². The number of carbonyl (C=O) groups is 1. The van der Waals surface area contributed by atoms with Crippen LogP contribution in [0.15, 0.2) is 59.1 Å². The molecule has 1 saturated heterocycles. The molecule has 1 aromatic heterocycles. The summed E-state index contributed by atoms with van der Waals surface area (Å²) in [5, 5.41) is 10.7. The monoisotopic (exact) mass is 463 g/mol. The van der Waals surface area contributed by atoms with Crippen molar-refractivity contribution in [1.29, 1.82) is 0 Å². The summed E-state index contributed by atoms with van der Waals surface area (Å²) in [4.78, 5) is 13.1. The van der Waals surface area contributed by atoms with Gasteiger partial charge in [-0.15, -0.1) is 0 Å². The van der Waals surface area contributed by atoms with Crippen molar-refractivity contribution in [3.05, 3.63) is 88.6 Å². The van der Waals surface area contributed by atoms with Crippen LogP contribution in [0.2, 0.25) is 0 Å². The van der Waals surface area contributed by atoms with Crippen molar-refractivity contribution in [2.75, 3.05) is 13.1 Å². The van der Waals surface area contributed by atoms with Crippen LogP contribution in [-0.2, 0) is 18.0 Å². The van der Waals surface area contributed by atoms with E-state index in [0.29, 0.717) is 30.7 Å². The first-order chi connectivity index (χ1) is 16.7. The summed E-state index contributed by atoms with van der Waals surface area (Å²) in [6.07, 6.45) is 4.17. The van der Waals surface area contributed by atoms with E-state index >= 15 is 0 Å². The lowest BCUT2D eigenvalue weighted by atomic mass is 9.85. The van der Waals surface area contributed by atoms with Crippen molar-refractivity contribution in [3.8, 4) is 0 Å². The Bertz CT molecular complexity index is 1120. The quantitative estimate of drug-likeness (QED) is 0.473. The molecule has 0 bridgehead atoms. The molecular formula is C27H30FN3O3. The molecular weight excluding hydrogens is 433 g/mol. The van der Waals surface area contributed by atoms with Gasteiger partial charge in [0.1, 0.15) is 11.6 Å². The summed E-state index contributed by atoms with van der Waals surface area (Å²) in [6.45, 7) is 2.61. The van der Waals surface area contributed by atoms with Crippen LogP contribution < -0.4 is 10.6 Å². The third kappa shape index (κ3) is 5.72. The maximum atomic E-state index is 13.4. The van der Waals surface area contributed by atoms with Crippen molar-refractivity contribution in [2.24, 2.45) is 5.92 Å². The third-order valence-electron chi connectivity index (χ3n) is 6.62. The molecule has 1 aliphatic carbocycles. The highest BCUT2D eigenvalue weighted by Crippen LogP contribution is 2.40. The van der Waals surface area contributed by atoms with Crippen molar-refractivity contribution in [3.63, 3.8) is 0 Å². The Morgan fingerprint density at radius 2 is 1.79 bits per heavy atom. The van der Waals surface area contributed by atoms with Gasteiger partial charge in [-0.1, -0.05) is 41.6 Å². The number of carbonyl (C=O) groups excluding carboxylic acids is 1. The largest absolute Gasteiger partial charge is 0.372 e. The number of nitrogens with one attached hydrogen (secondary N) is 2. The molecule has 0 radical (unpaired) electrons. The predicted octanol–water partition coefficient (Wildman–Crippen LogP) is 4.88. The zero-order valence-corrected chi connectivity index (χ0v) is 19.1. The fourth-order valence-corrected chi connectivity index (χ4v) is 4.61. The summed E-state index contributed by atoms with van der Waals surface area (Å²) < 4.78 is 24.6. The normalized spacial score (nSPS) is 17.4. The molecule has 3 aromatic rings. The molecule has 7 heteroatoms. The summed E-state index contributed by atoms with van der Waals surface area (Å²) >= 11 is 0. The molecule has 5 rings (SSSR count). The molecule has 2 heterocycles. The van der Waals surface area contributed by atoms with Crippen LogP contribution in [0.4, 0.5) is 4.39 Å². The van der Waals surface area contributed by atoms with Crippen LogP contribution in [0, 0.1) is 11.7 Å². The Labute approximate surface area is 198 Å². The molecule has 6 nitrogen and oxygen atoms in total. The number of nitrogens with zero attached hydrogens (tertiary/aromatic N) is 1. The minimum Gasteiger partial charge on any atom is -0.372 e. The molecule has 2 fully saturated rings. The average molecular weight is 464 g/mol. The first kappa shape index (κ1) is 22.7. The van der Waals surface area contributed by atoms with Crippen LogP contribution in [0.1, 0.15) is 70.6 Å². The highest BCUT2D eigenvalue weighted by atomic mass is 19.1. The molecule has 1 atom stereocenters. The number of piperidine rings is 1. The van der Waals surface area contributed by atoms with Crippen LogP contribution in [0.3, 0.4) is 0 Å². The number of rotatable bonds is 9. The second-order valence-corrected chi connectivity index (χ2v) is 9.30. The van der Waals surface area contributed by atoms with E-state index in [0.717, 1.165) is 61.2 Å². The maximum Gasteiger partial charge on any atom is 0.273 e. The molecule has 2 N–H and O–H groups in total. The van der Waals surface area contributed by atoms with Crippen molar-refractivity contribution < 1.29 is 18.4 Å². The molecule has 0 spiro atoms. The third-order valence-corrected chi connectivity index (χ3v) is 6.62. The van der Waals surface area contributed by atoms with E-state index in [-0.39, 0.29) is 17.8 Å². The minimum absolute atomic E-state index is 0.126. The number of halogens is 1. The second kappa shape index (κ2) is 10.5. The van der Waals surface area contributed by atoms with E-state index in [1.165, 1.54) is 12.1 Å². The zero-order chi connectivity index (χ0) is 23.3. The Morgan fingerprint density at radius 3 is 2.53 bits per heavy atom. The van der Waals surface area contributed by atoms with Gasteiger partial charge >= 0.3 is 0 Å². The fourth-order valence-electron chi connectivity index (χ4n) is 4.61. The Balaban J connectivity index is 1.28. The first-order valence-corrected chi connectivity index (χ1v) is 12.0. The van der Waals surface area contributed by atoms with E-state index in [9.17, 15) is 9.18 Å². The van der Waals surface area contributed by atoms with Gasteiger partial charge in [0.2, 0.25) is 0 Å². The summed E-state index contributed by atoms with van der Waals surface area (Å²) in [5.41, 5.74) is 3.21. The van der Waals surface area contributed by atoms with Gasteiger partial charge in [0.15, 0.2) is 5.69 Å². The van der Waals surface area contributed by atoms with Crippen LogP contribution >= 0.6 is 0 Å². The molecule has 178 valence electrons. The average Bonchev–Trinajstić information content (AvgIpc) is 3.59. The molecule has 2 aliphatic rings.